The van der Waals surface area contributed by atoms with Crippen molar-refractivity contribution in [3.63, 3.8) is 0 Å². The Balaban J connectivity index is 4.20. The highest BCUT2D eigenvalue weighted by atomic mass is 16.5. The zero-order valence-corrected chi connectivity index (χ0v) is 10.2. The molecule has 1 N–H and O–H groups in total. The minimum Gasteiger partial charge on any atom is -0.469 e. The first kappa shape index (κ1) is 13.4. The van der Waals surface area contributed by atoms with Gasteiger partial charge in [0.05, 0.1) is 13.0 Å². The Morgan fingerprint density at radius 2 is 1.93 bits per heavy atom. The van der Waals surface area contributed by atoms with Gasteiger partial charge in [0.15, 0.2) is 0 Å². The van der Waals surface area contributed by atoms with Gasteiger partial charge in [0.2, 0.25) is 0 Å². The molecule has 0 aliphatic carbocycles. The smallest absolute Gasteiger partial charge is 0.309 e. The van der Waals surface area contributed by atoms with Crippen molar-refractivity contribution in [1.82, 2.24) is 5.32 Å². The van der Waals surface area contributed by atoms with E-state index in [9.17, 15) is 4.79 Å². The van der Waals surface area contributed by atoms with E-state index in [1.807, 2.05) is 13.8 Å². The number of hydrogen-bond acceptors (Lipinski definition) is 3. The normalized spacial score (nSPS) is 16.1. The van der Waals surface area contributed by atoms with Crippen LogP contribution < -0.4 is 5.32 Å². The quantitative estimate of drug-likeness (QED) is 0.691. The fourth-order valence-electron chi connectivity index (χ4n) is 1.23. The van der Waals surface area contributed by atoms with Gasteiger partial charge < -0.3 is 10.1 Å². The van der Waals surface area contributed by atoms with Gasteiger partial charge in [0, 0.05) is 11.6 Å². The van der Waals surface area contributed by atoms with Crippen LogP contribution >= 0.6 is 0 Å². The van der Waals surface area contributed by atoms with E-state index < -0.39 is 0 Å². The van der Waals surface area contributed by atoms with Crippen LogP contribution in [0.25, 0.3) is 0 Å². The van der Waals surface area contributed by atoms with E-state index >= 15 is 0 Å². The zero-order chi connectivity index (χ0) is 11.4. The standard InChI is InChI=1S/C11H23NO2/c1-7-11(4,5)12-9(3)8(2)10(13)14-6/h8-9,12H,7H2,1-6H3. The van der Waals surface area contributed by atoms with Gasteiger partial charge in [-0.25, -0.2) is 0 Å². The van der Waals surface area contributed by atoms with E-state index in [1.54, 1.807) is 0 Å². The SMILES string of the molecule is CCC(C)(C)NC(C)C(C)C(=O)OC. The third-order valence-corrected chi connectivity index (χ3v) is 2.83. The van der Waals surface area contributed by atoms with Crippen molar-refractivity contribution < 1.29 is 9.53 Å². The van der Waals surface area contributed by atoms with E-state index in [1.165, 1.54) is 7.11 Å². The number of rotatable bonds is 5. The summed E-state index contributed by atoms with van der Waals surface area (Å²) in [5.74, 6) is -0.261. The molecule has 2 unspecified atom stereocenters. The molecule has 0 aromatic rings. The molecule has 0 saturated carbocycles. The van der Waals surface area contributed by atoms with Crippen LogP contribution in [0, 0.1) is 5.92 Å². The number of methoxy groups -OCH3 is 1. The van der Waals surface area contributed by atoms with Gasteiger partial charge in [-0.2, -0.15) is 0 Å². The van der Waals surface area contributed by atoms with Crippen molar-refractivity contribution in [2.75, 3.05) is 7.11 Å². The number of ether oxygens (including phenoxy) is 1. The molecule has 3 nitrogen and oxygen atoms in total. The molecule has 0 amide bonds. The van der Waals surface area contributed by atoms with Crippen molar-refractivity contribution >= 4 is 5.97 Å². The van der Waals surface area contributed by atoms with Crippen LogP contribution in [0.1, 0.15) is 41.0 Å². The van der Waals surface area contributed by atoms with Gasteiger partial charge in [-0.15, -0.1) is 0 Å². The summed E-state index contributed by atoms with van der Waals surface area (Å²) >= 11 is 0. The molecular weight excluding hydrogens is 178 g/mol. The van der Waals surface area contributed by atoms with Crippen molar-refractivity contribution in [2.45, 2.75) is 52.6 Å². The summed E-state index contributed by atoms with van der Waals surface area (Å²) < 4.78 is 4.70. The summed E-state index contributed by atoms with van der Waals surface area (Å²) in [5, 5.41) is 3.42. The molecule has 0 aromatic heterocycles. The molecule has 0 aromatic carbocycles. The zero-order valence-electron chi connectivity index (χ0n) is 10.2. The molecule has 84 valence electrons. The first-order chi connectivity index (χ1) is 6.34. The van der Waals surface area contributed by atoms with E-state index in [0.717, 1.165) is 6.42 Å². The van der Waals surface area contributed by atoms with Crippen LogP contribution in [0.3, 0.4) is 0 Å². The van der Waals surface area contributed by atoms with Crippen molar-refractivity contribution in [2.24, 2.45) is 5.92 Å². The molecule has 0 bridgehead atoms. The molecule has 0 aliphatic rings. The van der Waals surface area contributed by atoms with Gasteiger partial charge >= 0.3 is 5.97 Å². The first-order valence-corrected chi connectivity index (χ1v) is 5.19. The third-order valence-electron chi connectivity index (χ3n) is 2.83. The van der Waals surface area contributed by atoms with E-state index in [0.29, 0.717) is 0 Å². The lowest BCUT2D eigenvalue weighted by Crippen LogP contribution is -2.48. The lowest BCUT2D eigenvalue weighted by molar-refractivity contribution is -0.145. The second-order valence-corrected chi connectivity index (χ2v) is 4.48. The molecule has 14 heavy (non-hydrogen) atoms. The maximum Gasteiger partial charge on any atom is 0.309 e. The predicted molar refractivity (Wildman–Crippen MR) is 58.1 cm³/mol. The summed E-state index contributed by atoms with van der Waals surface area (Å²) in [6.45, 7) is 10.3. The summed E-state index contributed by atoms with van der Waals surface area (Å²) in [7, 11) is 1.43. The molecule has 0 aliphatic heterocycles. The van der Waals surface area contributed by atoms with Crippen molar-refractivity contribution in [3.05, 3.63) is 0 Å². The second-order valence-electron chi connectivity index (χ2n) is 4.48. The molecular formula is C11H23NO2. The average Bonchev–Trinajstić information content (AvgIpc) is 2.14. The van der Waals surface area contributed by atoms with E-state index in [-0.39, 0.29) is 23.5 Å². The number of carbonyl (C=O) groups excluding carboxylic acids is 1. The van der Waals surface area contributed by atoms with Crippen LogP contribution in [-0.2, 0) is 9.53 Å². The van der Waals surface area contributed by atoms with E-state index in [2.05, 4.69) is 26.1 Å². The van der Waals surface area contributed by atoms with Crippen molar-refractivity contribution in [3.8, 4) is 0 Å². The highest BCUT2D eigenvalue weighted by Gasteiger charge is 2.25. The minimum absolute atomic E-state index is 0.0711. The minimum atomic E-state index is -0.156. The van der Waals surface area contributed by atoms with Gasteiger partial charge in [-0.1, -0.05) is 13.8 Å². The van der Waals surface area contributed by atoms with Crippen LogP contribution in [0.4, 0.5) is 0 Å². The number of carbonyl (C=O) groups is 1. The van der Waals surface area contributed by atoms with Crippen LogP contribution in [0.15, 0.2) is 0 Å². The number of hydrogen-bond donors (Lipinski definition) is 1. The number of nitrogens with one attached hydrogen (secondary N) is 1. The van der Waals surface area contributed by atoms with Crippen LogP contribution in [-0.4, -0.2) is 24.7 Å². The summed E-state index contributed by atoms with van der Waals surface area (Å²) in [4.78, 5) is 11.3. The predicted octanol–water partition coefficient (Wildman–Crippen LogP) is 1.96. The molecule has 0 fully saturated rings. The average molecular weight is 201 g/mol. The third kappa shape index (κ3) is 4.09. The number of esters is 1. The first-order valence-electron chi connectivity index (χ1n) is 5.19. The van der Waals surface area contributed by atoms with Gasteiger partial charge in [0.1, 0.15) is 0 Å². The highest BCUT2D eigenvalue weighted by molar-refractivity contribution is 5.72. The second kappa shape index (κ2) is 5.35. The summed E-state index contributed by atoms with van der Waals surface area (Å²) in [5.41, 5.74) is 0.0711. The Morgan fingerprint density at radius 1 is 1.43 bits per heavy atom. The van der Waals surface area contributed by atoms with Crippen molar-refractivity contribution in [1.29, 1.82) is 0 Å². The van der Waals surface area contributed by atoms with Crippen LogP contribution in [0.2, 0.25) is 0 Å². The van der Waals surface area contributed by atoms with Gasteiger partial charge in [-0.3, -0.25) is 4.79 Å². The molecule has 0 heterocycles. The van der Waals surface area contributed by atoms with Crippen LogP contribution in [0.5, 0.6) is 0 Å². The molecule has 0 spiro atoms. The molecule has 2 atom stereocenters. The molecule has 3 heteroatoms. The summed E-state index contributed by atoms with van der Waals surface area (Å²) in [6, 6.07) is 0.136. The molecule has 0 radical (unpaired) electrons. The Hall–Kier alpha value is -0.570. The lowest BCUT2D eigenvalue weighted by Gasteiger charge is -2.31. The van der Waals surface area contributed by atoms with E-state index in [4.69, 9.17) is 4.74 Å². The topological polar surface area (TPSA) is 38.3 Å². The highest BCUT2D eigenvalue weighted by Crippen LogP contribution is 2.13. The fraction of sp³-hybridized carbons (Fsp3) is 0.909. The molecule has 0 rings (SSSR count). The fourth-order valence-corrected chi connectivity index (χ4v) is 1.23. The monoisotopic (exact) mass is 201 g/mol. The Bertz CT molecular complexity index is 190. The molecule has 0 saturated heterocycles. The van der Waals surface area contributed by atoms with Gasteiger partial charge in [0.25, 0.3) is 0 Å². The largest absolute Gasteiger partial charge is 0.469 e. The Morgan fingerprint density at radius 3 is 2.29 bits per heavy atom. The Labute approximate surface area is 87.2 Å². The maximum atomic E-state index is 11.3. The summed E-state index contributed by atoms with van der Waals surface area (Å²) in [6.07, 6.45) is 1.03. The lowest BCUT2D eigenvalue weighted by atomic mass is 9.96. The maximum absolute atomic E-state index is 11.3. The van der Waals surface area contributed by atoms with Gasteiger partial charge in [-0.05, 0) is 27.2 Å². The Kier molecular flexibility index (Phi) is 5.13.